The number of unbranched alkanes of at least 4 members (excludes halogenated alkanes) is 1. The van der Waals surface area contributed by atoms with Crippen molar-refractivity contribution in [2.75, 3.05) is 11.9 Å². The third-order valence-corrected chi connectivity index (χ3v) is 3.42. The largest absolute Gasteiger partial charge is 0.362 e. The minimum atomic E-state index is 0.659. The lowest BCUT2D eigenvalue weighted by Gasteiger charge is -2.11. The van der Waals surface area contributed by atoms with Crippen LogP contribution in [0, 0.1) is 0 Å². The van der Waals surface area contributed by atoms with E-state index in [2.05, 4.69) is 49.4 Å². The van der Waals surface area contributed by atoms with Gasteiger partial charge in [-0.1, -0.05) is 29.3 Å². The number of nitrogens with one attached hydrogen (secondary N) is 2. The molecule has 16 heavy (non-hydrogen) atoms. The molecule has 1 rings (SSSR count). The fourth-order valence-electron chi connectivity index (χ4n) is 1.14. The molecule has 0 atom stereocenters. The number of hydrogen-bond acceptors (Lipinski definition) is 1. The summed E-state index contributed by atoms with van der Waals surface area (Å²) >= 11 is 12.1. The number of anilines is 1. The van der Waals surface area contributed by atoms with Crippen molar-refractivity contribution in [1.29, 1.82) is 0 Å². The molecule has 0 saturated carbocycles. The first-order valence-electron chi connectivity index (χ1n) is 5.13. The molecule has 0 aliphatic rings. The molecule has 0 fully saturated rings. The molecule has 0 saturated heterocycles. The van der Waals surface area contributed by atoms with E-state index in [0.717, 1.165) is 34.0 Å². The zero-order chi connectivity index (χ0) is 12.0. The van der Waals surface area contributed by atoms with Gasteiger partial charge in [-0.25, -0.2) is 0 Å². The molecule has 0 spiro atoms. The Morgan fingerprint density at radius 2 is 2.12 bits per heavy atom. The highest BCUT2D eigenvalue weighted by Gasteiger charge is 2.02. The van der Waals surface area contributed by atoms with Crippen molar-refractivity contribution in [3.8, 4) is 0 Å². The van der Waals surface area contributed by atoms with E-state index in [9.17, 15) is 0 Å². The predicted molar refractivity (Wildman–Crippen MR) is 81.0 cm³/mol. The van der Waals surface area contributed by atoms with Crippen LogP contribution < -0.4 is 10.6 Å². The Kier molecular flexibility index (Phi) is 6.31. The summed E-state index contributed by atoms with van der Waals surface area (Å²) in [5.41, 5.74) is 0.961. The van der Waals surface area contributed by atoms with E-state index in [1.54, 1.807) is 0 Å². The van der Waals surface area contributed by atoms with Crippen LogP contribution in [0.2, 0.25) is 0 Å². The second kappa shape index (κ2) is 7.25. The average Bonchev–Trinajstić information content (AvgIpc) is 2.24. The van der Waals surface area contributed by atoms with Crippen molar-refractivity contribution in [2.45, 2.75) is 19.8 Å². The van der Waals surface area contributed by atoms with Gasteiger partial charge in [-0.3, -0.25) is 0 Å². The summed E-state index contributed by atoms with van der Waals surface area (Å²) in [6, 6.07) is 5.93. The molecule has 0 aliphatic carbocycles. The zero-order valence-electron chi connectivity index (χ0n) is 9.02. The van der Waals surface area contributed by atoms with Crippen molar-refractivity contribution in [2.24, 2.45) is 0 Å². The average molecular weight is 366 g/mol. The monoisotopic (exact) mass is 364 g/mol. The molecule has 2 N–H and O–H groups in total. The van der Waals surface area contributed by atoms with Gasteiger partial charge in [-0.05, 0) is 52.8 Å². The van der Waals surface area contributed by atoms with Gasteiger partial charge < -0.3 is 10.6 Å². The molecule has 0 amide bonds. The third-order valence-electron chi connectivity index (χ3n) is 1.99. The van der Waals surface area contributed by atoms with Crippen LogP contribution in [0.1, 0.15) is 19.8 Å². The molecule has 0 unspecified atom stereocenters. The SMILES string of the molecule is CCCCNC(=S)Nc1cc(Br)ccc1Br. The number of benzene rings is 1. The molecule has 1 aromatic rings. The van der Waals surface area contributed by atoms with Crippen molar-refractivity contribution in [3.05, 3.63) is 27.1 Å². The fourth-order valence-corrected chi connectivity index (χ4v) is 2.06. The molecule has 0 aromatic heterocycles. The van der Waals surface area contributed by atoms with E-state index in [4.69, 9.17) is 12.2 Å². The van der Waals surface area contributed by atoms with Gasteiger partial charge in [0.25, 0.3) is 0 Å². The molecule has 1 aromatic carbocycles. The van der Waals surface area contributed by atoms with Crippen LogP contribution in [0.15, 0.2) is 27.1 Å². The van der Waals surface area contributed by atoms with Crippen molar-refractivity contribution in [3.63, 3.8) is 0 Å². The highest BCUT2D eigenvalue weighted by molar-refractivity contribution is 9.11. The smallest absolute Gasteiger partial charge is 0.170 e. The van der Waals surface area contributed by atoms with Gasteiger partial charge in [-0.2, -0.15) is 0 Å². The van der Waals surface area contributed by atoms with Crippen LogP contribution in [0.4, 0.5) is 5.69 Å². The van der Waals surface area contributed by atoms with Crippen LogP contribution in [0.25, 0.3) is 0 Å². The molecular weight excluding hydrogens is 352 g/mol. The minimum absolute atomic E-state index is 0.659. The van der Waals surface area contributed by atoms with Gasteiger partial charge in [0.1, 0.15) is 0 Å². The molecule has 88 valence electrons. The van der Waals surface area contributed by atoms with E-state index in [1.807, 2.05) is 18.2 Å². The second-order valence-corrected chi connectivity index (χ2v) is 5.54. The quantitative estimate of drug-likeness (QED) is 0.614. The minimum Gasteiger partial charge on any atom is -0.362 e. The number of rotatable bonds is 4. The van der Waals surface area contributed by atoms with Gasteiger partial charge in [0.2, 0.25) is 0 Å². The normalized spacial score (nSPS) is 9.94. The maximum absolute atomic E-state index is 5.19. The van der Waals surface area contributed by atoms with E-state index in [0.29, 0.717) is 5.11 Å². The topological polar surface area (TPSA) is 24.1 Å². The number of halogens is 2. The summed E-state index contributed by atoms with van der Waals surface area (Å²) in [5, 5.41) is 6.98. The lowest BCUT2D eigenvalue weighted by molar-refractivity contribution is 0.758. The summed E-state index contributed by atoms with van der Waals surface area (Å²) in [6.07, 6.45) is 2.29. The summed E-state index contributed by atoms with van der Waals surface area (Å²) in [6.45, 7) is 3.07. The van der Waals surface area contributed by atoms with Gasteiger partial charge in [-0.15, -0.1) is 0 Å². The molecule has 0 radical (unpaired) electrons. The van der Waals surface area contributed by atoms with Gasteiger partial charge in [0.15, 0.2) is 5.11 Å². The van der Waals surface area contributed by atoms with Crippen molar-refractivity contribution >= 4 is 54.9 Å². The molecule has 0 aliphatic heterocycles. The van der Waals surface area contributed by atoms with Crippen molar-refractivity contribution < 1.29 is 0 Å². The molecule has 5 heteroatoms. The first-order chi connectivity index (χ1) is 7.63. The Morgan fingerprint density at radius 1 is 1.38 bits per heavy atom. The predicted octanol–water partition coefficient (Wildman–Crippen LogP) is 4.30. The Labute approximate surface area is 118 Å². The zero-order valence-corrected chi connectivity index (χ0v) is 13.0. The first kappa shape index (κ1) is 13.9. The molecular formula is C11H14Br2N2S. The summed E-state index contributed by atoms with van der Waals surface area (Å²) < 4.78 is 2.02. The van der Waals surface area contributed by atoms with Crippen LogP contribution >= 0.6 is 44.1 Å². The van der Waals surface area contributed by atoms with E-state index < -0.39 is 0 Å². The van der Waals surface area contributed by atoms with Gasteiger partial charge in [0.05, 0.1) is 5.69 Å². The molecule has 0 bridgehead atoms. The molecule has 2 nitrogen and oxygen atoms in total. The highest BCUT2D eigenvalue weighted by atomic mass is 79.9. The second-order valence-electron chi connectivity index (χ2n) is 3.36. The first-order valence-corrected chi connectivity index (χ1v) is 7.13. The van der Waals surface area contributed by atoms with E-state index >= 15 is 0 Å². The van der Waals surface area contributed by atoms with Crippen LogP contribution in [0.5, 0.6) is 0 Å². The Hall–Kier alpha value is -0.130. The lowest BCUT2D eigenvalue weighted by Crippen LogP contribution is -2.29. The Morgan fingerprint density at radius 3 is 2.81 bits per heavy atom. The number of thiocarbonyl (C=S) groups is 1. The Balaban J connectivity index is 2.52. The van der Waals surface area contributed by atoms with E-state index in [-0.39, 0.29) is 0 Å². The standard InChI is InChI=1S/C11H14Br2N2S/c1-2-3-6-14-11(16)15-10-7-8(12)4-5-9(10)13/h4-5,7H,2-3,6H2,1H3,(H2,14,15,16). The van der Waals surface area contributed by atoms with Crippen LogP contribution in [0.3, 0.4) is 0 Å². The lowest BCUT2D eigenvalue weighted by atomic mass is 10.3. The molecule has 0 heterocycles. The van der Waals surface area contributed by atoms with Gasteiger partial charge >= 0.3 is 0 Å². The number of hydrogen-bond donors (Lipinski definition) is 2. The van der Waals surface area contributed by atoms with Crippen molar-refractivity contribution in [1.82, 2.24) is 5.32 Å². The fraction of sp³-hybridized carbons (Fsp3) is 0.364. The van der Waals surface area contributed by atoms with Crippen LogP contribution in [-0.2, 0) is 0 Å². The van der Waals surface area contributed by atoms with Crippen LogP contribution in [-0.4, -0.2) is 11.7 Å². The maximum Gasteiger partial charge on any atom is 0.170 e. The summed E-state index contributed by atoms with van der Waals surface area (Å²) in [4.78, 5) is 0. The van der Waals surface area contributed by atoms with E-state index in [1.165, 1.54) is 0 Å². The summed E-state index contributed by atoms with van der Waals surface area (Å²) in [7, 11) is 0. The Bertz CT molecular complexity index is 369. The third kappa shape index (κ3) is 4.80. The highest BCUT2D eigenvalue weighted by Crippen LogP contribution is 2.25. The summed E-state index contributed by atoms with van der Waals surface area (Å²) in [5.74, 6) is 0. The maximum atomic E-state index is 5.19. The van der Waals surface area contributed by atoms with Gasteiger partial charge in [0, 0.05) is 15.5 Å².